The lowest BCUT2D eigenvalue weighted by molar-refractivity contribution is 0.143. The normalized spacial score (nSPS) is 13.9. The van der Waals surface area contributed by atoms with Crippen LogP contribution in [0.25, 0.3) is 10.9 Å². The highest BCUT2D eigenvalue weighted by Gasteiger charge is 2.24. The Labute approximate surface area is 167 Å². The van der Waals surface area contributed by atoms with Gasteiger partial charge in [-0.25, -0.2) is 9.18 Å². The van der Waals surface area contributed by atoms with Crippen LogP contribution in [0.3, 0.4) is 0 Å². The summed E-state index contributed by atoms with van der Waals surface area (Å²) in [6.45, 7) is 4.14. The summed E-state index contributed by atoms with van der Waals surface area (Å²) in [7, 11) is 0. The fraction of sp³-hybridized carbons (Fsp3) is 0.273. The quantitative estimate of drug-likeness (QED) is 0.621. The van der Waals surface area contributed by atoms with Gasteiger partial charge in [-0.2, -0.15) is 4.98 Å². The lowest BCUT2D eigenvalue weighted by atomic mass is 10.1. The molecule has 6 nitrogen and oxygen atoms in total. The lowest BCUT2D eigenvalue weighted by Gasteiger charge is -2.24. The first-order valence-corrected chi connectivity index (χ1v) is 9.31. The number of nitrogens with one attached hydrogen (secondary N) is 1. The van der Waals surface area contributed by atoms with Gasteiger partial charge in [0.1, 0.15) is 11.4 Å². The molecule has 0 bridgehead atoms. The number of halogens is 1. The van der Waals surface area contributed by atoms with Gasteiger partial charge in [0.05, 0.1) is 28.8 Å². The summed E-state index contributed by atoms with van der Waals surface area (Å²) in [4.78, 5) is 20.6. The van der Waals surface area contributed by atoms with E-state index in [9.17, 15) is 14.3 Å². The summed E-state index contributed by atoms with van der Waals surface area (Å²) >= 11 is 0. The van der Waals surface area contributed by atoms with Crippen LogP contribution in [0.1, 0.15) is 25.8 Å². The Kier molecular flexibility index (Phi) is 4.73. The minimum Gasteiger partial charge on any atom is -0.490 e. The molecule has 2 N–H and O–H groups in total. The molecular weight excluding hydrogens is 373 g/mol. The fourth-order valence-electron chi connectivity index (χ4n) is 3.29. The smallest absolute Gasteiger partial charge is 0.347 e. The highest BCUT2D eigenvalue weighted by atomic mass is 19.1. The van der Waals surface area contributed by atoms with E-state index in [1.54, 1.807) is 43.0 Å². The van der Waals surface area contributed by atoms with Gasteiger partial charge in [-0.15, -0.1) is 0 Å². The van der Waals surface area contributed by atoms with E-state index in [1.807, 2.05) is 6.07 Å². The minimum absolute atomic E-state index is 0.237. The Hall–Kier alpha value is -3.37. The van der Waals surface area contributed by atoms with E-state index < -0.39 is 17.1 Å². The number of para-hydroxylation sites is 1. The van der Waals surface area contributed by atoms with E-state index in [2.05, 4.69) is 21.8 Å². The standard InChI is InChI=1S/C22H20FN3O3/c1-22(2,28)11-10-14-6-3-9-17-19(14)29-13-5-12-26(17)20-18-15(23)7-4-8-16(18)24-21(27)25-20/h3-4,6-9,28H,5,12-13H2,1-2H3,(H,24,25,27). The Morgan fingerprint density at radius 2 is 2.07 bits per heavy atom. The number of aromatic nitrogens is 2. The molecule has 1 aliphatic rings. The molecule has 3 aromatic rings. The molecule has 0 amide bonds. The number of aliphatic hydroxyl groups is 1. The van der Waals surface area contributed by atoms with Crippen molar-refractivity contribution in [1.29, 1.82) is 0 Å². The van der Waals surface area contributed by atoms with Crippen LogP contribution in [-0.2, 0) is 0 Å². The van der Waals surface area contributed by atoms with Crippen molar-refractivity contribution in [3.63, 3.8) is 0 Å². The molecule has 0 aliphatic carbocycles. The van der Waals surface area contributed by atoms with Gasteiger partial charge in [0.15, 0.2) is 11.6 Å². The van der Waals surface area contributed by atoms with Crippen molar-refractivity contribution in [1.82, 2.24) is 9.97 Å². The monoisotopic (exact) mass is 393 g/mol. The molecule has 0 saturated carbocycles. The summed E-state index contributed by atoms with van der Waals surface area (Å²) in [6.07, 6.45) is 0.650. The number of hydrogen-bond donors (Lipinski definition) is 2. The molecule has 29 heavy (non-hydrogen) atoms. The zero-order chi connectivity index (χ0) is 20.6. The second kappa shape index (κ2) is 7.22. The van der Waals surface area contributed by atoms with Crippen LogP contribution < -0.4 is 15.3 Å². The summed E-state index contributed by atoms with van der Waals surface area (Å²) in [5, 5.41) is 10.2. The third kappa shape index (κ3) is 3.80. The van der Waals surface area contributed by atoms with Crippen LogP contribution >= 0.6 is 0 Å². The van der Waals surface area contributed by atoms with Crippen molar-refractivity contribution in [3.05, 3.63) is 58.3 Å². The largest absolute Gasteiger partial charge is 0.490 e. The number of ether oxygens (including phenoxy) is 1. The second-order valence-electron chi connectivity index (χ2n) is 7.34. The van der Waals surface area contributed by atoms with Crippen LogP contribution in [-0.4, -0.2) is 33.8 Å². The van der Waals surface area contributed by atoms with Crippen LogP contribution in [0.15, 0.2) is 41.2 Å². The average molecular weight is 393 g/mol. The SMILES string of the molecule is CC(C)(O)C#Cc1cccc2c1OCCCN2c1nc(=O)[nH]c2cccc(F)c12. The van der Waals surface area contributed by atoms with E-state index in [0.717, 1.165) is 0 Å². The van der Waals surface area contributed by atoms with E-state index in [4.69, 9.17) is 4.74 Å². The molecule has 1 aromatic heterocycles. The van der Waals surface area contributed by atoms with E-state index >= 15 is 0 Å². The lowest BCUT2D eigenvalue weighted by Crippen LogP contribution is -2.24. The van der Waals surface area contributed by atoms with Gasteiger partial charge in [0.2, 0.25) is 0 Å². The van der Waals surface area contributed by atoms with Crippen molar-refractivity contribution < 1.29 is 14.2 Å². The Morgan fingerprint density at radius 3 is 2.86 bits per heavy atom. The molecular formula is C22H20FN3O3. The number of aromatic amines is 1. The molecule has 1 aliphatic heterocycles. The summed E-state index contributed by atoms with van der Waals surface area (Å²) in [5.74, 6) is 6.04. The summed E-state index contributed by atoms with van der Waals surface area (Å²) in [5.41, 5.74) is -0.0767. The molecule has 0 atom stereocenters. The maximum Gasteiger partial charge on any atom is 0.347 e. The molecule has 0 saturated heterocycles. The Morgan fingerprint density at radius 1 is 1.28 bits per heavy atom. The van der Waals surface area contributed by atoms with Crippen molar-refractivity contribution in [2.75, 3.05) is 18.1 Å². The highest BCUT2D eigenvalue weighted by molar-refractivity contribution is 5.92. The maximum absolute atomic E-state index is 14.7. The first kappa shape index (κ1) is 19.0. The molecule has 2 aromatic carbocycles. The van der Waals surface area contributed by atoms with E-state index in [1.165, 1.54) is 6.07 Å². The van der Waals surface area contributed by atoms with E-state index in [0.29, 0.717) is 42.1 Å². The first-order chi connectivity index (χ1) is 13.8. The average Bonchev–Trinajstić information content (AvgIpc) is 2.88. The van der Waals surface area contributed by atoms with Crippen LogP contribution in [0, 0.1) is 17.7 Å². The van der Waals surface area contributed by atoms with Crippen LogP contribution in [0.4, 0.5) is 15.9 Å². The predicted molar refractivity (Wildman–Crippen MR) is 109 cm³/mol. The fourth-order valence-corrected chi connectivity index (χ4v) is 3.29. The van der Waals surface area contributed by atoms with Crippen molar-refractivity contribution >= 4 is 22.4 Å². The number of hydrogen-bond acceptors (Lipinski definition) is 5. The van der Waals surface area contributed by atoms with Gasteiger partial charge in [0.25, 0.3) is 0 Å². The van der Waals surface area contributed by atoms with Crippen LogP contribution in [0.5, 0.6) is 5.75 Å². The minimum atomic E-state index is -1.15. The number of rotatable bonds is 1. The molecule has 4 rings (SSSR count). The van der Waals surface area contributed by atoms with Gasteiger partial charge in [0, 0.05) is 6.54 Å². The topological polar surface area (TPSA) is 78.5 Å². The van der Waals surface area contributed by atoms with E-state index in [-0.39, 0.29) is 11.2 Å². The second-order valence-corrected chi connectivity index (χ2v) is 7.34. The Balaban J connectivity index is 1.94. The Bertz CT molecular complexity index is 1200. The third-order valence-corrected chi connectivity index (χ3v) is 4.50. The number of fused-ring (bicyclic) bond motifs is 2. The molecule has 7 heteroatoms. The number of benzene rings is 2. The molecule has 0 radical (unpaired) electrons. The zero-order valence-electron chi connectivity index (χ0n) is 16.1. The molecule has 2 heterocycles. The van der Waals surface area contributed by atoms with Crippen molar-refractivity contribution in [2.45, 2.75) is 25.9 Å². The van der Waals surface area contributed by atoms with Gasteiger partial charge < -0.3 is 19.7 Å². The first-order valence-electron chi connectivity index (χ1n) is 9.31. The molecule has 0 spiro atoms. The number of H-pyrrole nitrogens is 1. The molecule has 148 valence electrons. The van der Waals surface area contributed by atoms with Gasteiger partial charge >= 0.3 is 5.69 Å². The van der Waals surface area contributed by atoms with Gasteiger partial charge in [-0.05, 0) is 44.5 Å². The van der Waals surface area contributed by atoms with Gasteiger partial charge in [-0.3, -0.25) is 0 Å². The molecule has 0 unspecified atom stereocenters. The third-order valence-electron chi connectivity index (χ3n) is 4.50. The van der Waals surface area contributed by atoms with Crippen molar-refractivity contribution in [3.8, 4) is 17.6 Å². The predicted octanol–water partition coefficient (Wildman–Crippen LogP) is 3.11. The highest BCUT2D eigenvalue weighted by Crippen LogP contribution is 2.39. The maximum atomic E-state index is 14.7. The molecule has 0 fully saturated rings. The van der Waals surface area contributed by atoms with Gasteiger partial charge in [-0.1, -0.05) is 24.0 Å². The van der Waals surface area contributed by atoms with Crippen molar-refractivity contribution in [2.24, 2.45) is 0 Å². The number of nitrogens with zero attached hydrogens (tertiary/aromatic N) is 2. The zero-order valence-corrected chi connectivity index (χ0v) is 16.1. The summed E-state index contributed by atoms with van der Waals surface area (Å²) in [6, 6.07) is 9.95. The summed E-state index contributed by atoms with van der Waals surface area (Å²) < 4.78 is 20.6. The number of anilines is 2. The van der Waals surface area contributed by atoms with Crippen LogP contribution in [0.2, 0.25) is 0 Å².